The third-order valence-corrected chi connectivity index (χ3v) is 5.78. The first-order valence-electron chi connectivity index (χ1n) is 11.1. The fourth-order valence-electron chi connectivity index (χ4n) is 4.41. The lowest BCUT2D eigenvalue weighted by molar-refractivity contribution is -0.121. The van der Waals surface area contributed by atoms with Crippen molar-refractivity contribution in [2.75, 3.05) is 32.7 Å². The number of hydrogen-bond acceptors (Lipinski definition) is 3. The highest BCUT2D eigenvalue weighted by molar-refractivity contribution is 5.81. The molecule has 0 radical (unpaired) electrons. The molecule has 1 aliphatic carbocycles. The van der Waals surface area contributed by atoms with Crippen LogP contribution in [-0.2, 0) is 4.79 Å². The van der Waals surface area contributed by atoms with Crippen molar-refractivity contribution in [3.8, 4) is 0 Å². The Morgan fingerprint density at radius 3 is 2.33 bits per heavy atom. The molecule has 0 aromatic carbocycles. The van der Waals surface area contributed by atoms with Gasteiger partial charge in [0.15, 0.2) is 5.96 Å². The SMILES string of the molecule is CCNC(=NCC1(N2CCCCC2)CCCCC1)NCCC(=O)NC(C)C. The molecule has 156 valence electrons. The minimum Gasteiger partial charge on any atom is -0.357 e. The van der Waals surface area contributed by atoms with Crippen LogP contribution in [0.3, 0.4) is 0 Å². The average Bonchev–Trinajstić information content (AvgIpc) is 2.67. The summed E-state index contributed by atoms with van der Waals surface area (Å²) in [6.45, 7) is 10.8. The molecule has 0 unspecified atom stereocenters. The summed E-state index contributed by atoms with van der Waals surface area (Å²) in [5.41, 5.74) is 0.246. The molecule has 1 heterocycles. The van der Waals surface area contributed by atoms with Crippen LogP contribution >= 0.6 is 0 Å². The van der Waals surface area contributed by atoms with Crippen LogP contribution in [0.5, 0.6) is 0 Å². The lowest BCUT2D eigenvalue weighted by atomic mass is 9.79. The molecular formula is C21H41N5O. The normalized spacial score (nSPS) is 21.1. The second-order valence-corrected chi connectivity index (χ2v) is 8.43. The van der Waals surface area contributed by atoms with Gasteiger partial charge in [0.25, 0.3) is 0 Å². The quantitative estimate of drug-likeness (QED) is 0.448. The Morgan fingerprint density at radius 2 is 1.70 bits per heavy atom. The summed E-state index contributed by atoms with van der Waals surface area (Å²) in [7, 11) is 0. The van der Waals surface area contributed by atoms with Crippen LogP contribution in [0.2, 0.25) is 0 Å². The summed E-state index contributed by atoms with van der Waals surface area (Å²) >= 11 is 0. The lowest BCUT2D eigenvalue weighted by Gasteiger charge is -2.47. The summed E-state index contributed by atoms with van der Waals surface area (Å²) in [6, 6.07) is 0.190. The van der Waals surface area contributed by atoms with Gasteiger partial charge in [0, 0.05) is 31.1 Å². The van der Waals surface area contributed by atoms with Crippen molar-refractivity contribution < 1.29 is 4.79 Å². The van der Waals surface area contributed by atoms with Crippen LogP contribution < -0.4 is 16.0 Å². The standard InChI is InChI=1S/C21H41N5O/c1-4-22-20(23-14-11-19(27)25-18(2)3)24-17-21(12-7-5-8-13-21)26-15-9-6-10-16-26/h18H,4-17H2,1-3H3,(H,25,27)(H2,22,23,24). The number of rotatable bonds is 8. The van der Waals surface area contributed by atoms with Crippen molar-refractivity contribution in [3.05, 3.63) is 0 Å². The molecule has 6 heteroatoms. The number of nitrogens with zero attached hydrogens (tertiary/aromatic N) is 2. The van der Waals surface area contributed by atoms with Crippen LogP contribution in [0, 0.1) is 0 Å². The maximum Gasteiger partial charge on any atom is 0.221 e. The molecule has 0 bridgehead atoms. The molecule has 0 spiro atoms. The van der Waals surface area contributed by atoms with E-state index in [1.165, 1.54) is 64.5 Å². The van der Waals surface area contributed by atoms with Gasteiger partial charge in [-0.3, -0.25) is 14.7 Å². The minimum absolute atomic E-state index is 0.0883. The summed E-state index contributed by atoms with van der Waals surface area (Å²) in [6.07, 6.45) is 11.1. The van der Waals surface area contributed by atoms with E-state index < -0.39 is 0 Å². The smallest absolute Gasteiger partial charge is 0.221 e. The van der Waals surface area contributed by atoms with Gasteiger partial charge in [-0.1, -0.05) is 25.7 Å². The first-order chi connectivity index (χ1) is 13.1. The van der Waals surface area contributed by atoms with E-state index in [0.717, 1.165) is 19.0 Å². The van der Waals surface area contributed by atoms with Gasteiger partial charge in [0.2, 0.25) is 5.91 Å². The summed E-state index contributed by atoms with van der Waals surface area (Å²) in [5.74, 6) is 0.933. The van der Waals surface area contributed by atoms with Gasteiger partial charge >= 0.3 is 0 Å². The van der Waals surface area contributed by atoms with Crippen LogP contribution in [0.4, 0.5) is 0 Å². The number of carbonyl (C=O) groups excluding carboxylic acids is 1. The monoisotopic (exact) mass is 379 g/mol. The maximum absolute atomic E-state index is 11.8. The number of aliphatic imine (C=N–C) groups is 1. The van der Waals surface area contributed by atoms with E-state index in [1.54, 1.807) is 0 Å². The molecule has 1 saturated heterocycles. The molecule has 27 heavy (non-hydrogen) atoms. The van der Waals surface area contributed by atoms with E-state index >= 15 is 0 Å². The number of piperidine rings is 1. The summed E-state index contributed by atoms with van der Waals surface area (Å²) in [4.78, 5) is 19.5. The van der Waals surface area contributed by atoms with Gasteiger partial charge in [-0.2, -0.15) is 0 Å². The van der Waals surface area contributed by atoms with Crippen molar-refractivity contribution in [1.29, 1.82) is 0 Å². The fourth-order valence-corrected chi connectivity index (χ4v) is 4.41. The number of likely N-dealkylation sites (tertiary alicyclic amines) is 1. The van der Waals surface area contributed by atoms with E-state index in [-0.39, 0.29) is 17.5 Å². The average molecular weight is 380 g/mol. The first kappa shape index (κ1) is 22.0. The van der Waals surface area contributed by atoms with Gasteiger partial charge in [-0.25, -0.2) is 0 Å². The second kappa shape index (κ2) is 11.5. The largest absolute Gasteiger partial charge is 0.357 e. The number of amides is 1. The third-order valence-electron chi connectivity index (χ3n) is 5.78. The van der Waals surface area contributed by atoms with Gasteiger partial charge in [0.05, 0.1) is 6.54 Å². The molecule has 6 nitrogen and oxygen atoms in total. The van der Waals surface area contributed by atoms with Crippen molar-refractivity contribution in [3.63, 3.8) is 0 Å². The molecule has 1 saturated carbocycles. The Balaban J connectivity index is 1.94. The number of guanidine groups is 1. The predicted molar refractivity (Wildman–Crippen MR) is 113 cm³/mol. The Labute approximate surface area is 165 Å². The van der Waals surface area contributed by atoms with Crippen molar-refractivity contribution >= 4 is 11.9 Å². The molecule has 3 N–H and O–H groups in total. The van der Waals surface area contributed by atoms with Crippen molar-refractivity contribution in [2.24, 2.45) is 4.99 Å². The number of nitrogens with one attached hydrogen (secondary N) is 3. The highest BCUT2D eigenvalue weighted by Gasteiger charge is 2.38. The van der Waals surface area contributed by atoms with E-state index in [1.807, 2.05) is 13.8 Å². The molecule has 2 fully saturated rings. The van der Waals surface area contributed by atoms with E-state index in [9.17, 15) is 4.79 Å². The molecule has 0 aromatic rings. The van der Waals surface area contributed by atoms with Gasteiger partial charge in [-0.15, -0.1) is 0 Å². The Morgan fingerprint density at radius 1 is 1.04 bits per heavy atom. The van der Waals surface area contributed by atoms with Crippen molar-refractivity contribution in [2.45, 2.75) is 90.1 Å². The topological polar surface area (TPSA) is 68.8 Å². The van der Waals surface area contributed by atoms with Gasteiger partial charge in [-0.05, 0) is 59.5 Å². The molecule has 0 atom stereocenters. The minimum atomic E-state index is 0.0883. The number of carbonyl (C=O) groups is 1. The van der Waals surface area contributed by atoms with E-state index in [2.05, 4.69) is 27.8 Å². The van der Waals surface area contributed by atoms with Crippen LogP contribution in [0.15, 0.2) is 4.99 Å². The summed E-state index contributed by atoms with van der Waals surface area (Å²) < 4.78 is 0. The van der Waals surface area contributed by atoms with Crippen LogP contribution in [0.25, 0.3) is 0 Å². The van der Waals surface area contributed by atoms with E-state index in [0.29, 0.717) is 13.0 Å². The third kappa shape index (κ3) is 7.32. The Kier molecular flexibility index (Phi) is 9.39. The zero-order valence-corrected chi connectivity index (χ0v) is 17.8. The molecule has 2 aliphatic rings. The molecule has 2 rings (SSSR count). The fraction of sp³-hybridized carbons (Fsp3) is 0.905. The molecular weight excluding hydrogens is 338 g/mol. The van der Waals surface area contributed by atoms with Crippen LogP contribution in [0.1, 0.15) is 78.6 Å². The molecule has 1 aliphatic heterocycles. The van der Waals surface area contributed by atoms with Gasteiger partial charge < -0.3 is 16.0 Å². The van der Waals surface area contributed by atoms with Crippen LogP contribution in [-0.4, -0.2) is 61.1 Å². The summed E-state index contributed by atoms with van der Waals surface area (Å²) in [5, 5.41) is 9.62. The predicted octanol–water partition coefficient (Wildman–Crippen LogP) is 2.65. The zero-order valence-electron chi connectivity index (χ0n) is 17.8. The van der Waals surface area contributed by atoms with E-state index in [4.69, 9.17) is 4.99 Å². The second-order valence-electron chi connectivity index (χ2n) is 8.43. The Bertz CT molecular complexity index is 465. The van der Waals surface area contributed by atoms with Crippen molar-refractivity contribution in [1.82, 2.24) is 20.9 Å². The van der Waals surface area contributed by atoms with Gasteiger partial charge in [0.1, 0.15) is 0 Å². The lowest BCUT2D eigenvalue weighted by Crippen LogP contribution is -2.54. The molecule has 1 amide bonds. The highest BCUT2D eigenvalue weighted by atomic mass is 16.1. The number of hydrogen-bond donors (Lipinski definition) is 3. The first-order valence-corrected chi connectivity index (χ1v) is 11.1. The maximum atomic E-state index is 11.8. The molecule has 0 aromatic heterocycles. The Hall–Kier alpha value is -1.30. The highest BCUT2D eigenvalue weighted by Crippen LogP contribution is 2.35. The zero-order chi connectivity index (χ0) is 19.5.